The average molecular weight is 804 g/mol. The lowest BCUT2D eigenvalue weighted by Gasteiger charge is -2.35. The monoisotopic (exact) mass is 803 g/mol. The van der Waals surface area contributed by atoms with E-state index in [0.29, 0.717) is 0 Å². The molecular formula is C60H53NO. The van der Waals surface area contributed by atoms with Crippen molar-refractivity contribution in [1.82, 2.24) is 0 Å². The van der Waals surface area contributed by atoms with Crippen molar-refractivity contribution >= 4 is 39.0 Å². The van der Waals surface area contributed by atoms with Gasteiger partial charge in [-0.25, -0.2) is 0 Å². The molecule has 2 aliphatic rings. The summed E-state index contributed by atoms with van der Waals surface area (Å²) < 4.78 is 7.23. The lowest BCUT2D eigenvalue weighted by molar-refractivity contribution is 0.569. The summed E-state index contributed by atoms with van der Waals surface area (Å²) in [5.41, 5.74) is 19.7. The molecule has 0 spiro atoms. The first kappa shape index (κ1) is 38.3. The molecule has 2 heteroatoms. The Morgan fingerprint density at radius 2 is 1.02 bits per heavy atom. The SMILES string of the molecule is CC(C)(C)c1cc(C(C)(C)C)c2c(c1)oc1c(N(c3cccc(C4(c5ccccc5)c5ccccc5-c5ccccc54)c3)c3ccc4c(c3)C(C)(C)c3ccccc3-4)cccc12. The molecule has 0 aliphatic heterocycles. The zero-order chi connectivity index (χ0) is 42.8. The van der Waals surface area contributed by atoms with Gasteiger partial charge in [0.15, 0.2) is 5.58 Å². The van der Waals surface area contributed by atoms with Crippen LogP contribution in [-0.2, 0) is 21.7 Å². The molecule has 11 rings (SSSR count). The highest BCUT2D eigenvalue weighted by Crippen LogP contribution is 2.57. The fourth-order valence-corrected chi connectivity index (χ4v) is 11.0. The van der Waals surface area contributed by atoms with E-state index in [9.17, 15) is 0 Å². The van der Waals surface area contributed by atoms with Crippen LogP contribution in [0.25, 0.3) is 44.2 Å². The molecule has 0 amide bonds. The minimum atomic E-state index is -0.534. The molecule has 2 nitrogen and oxygen atoms in total. The van der Waals surface area contributed by atoms with Crippen LogP contribution in [0.3, 0.4) is 0 Å². The molecule has 0 N–H and O–H groups in total. The van der Waals surface area contributed by atoms with Gasteiger partial charge < -0.3 is 9.32 Å². The number of benzene rings is 8. The Morgan fingerprint density at radius 1 is 0.452 bits per heavy atom. The van der Waals surface area contributed by atoms with E-state index < -0.39 is 5.41 Å². The smallest absolute Gasteiger partial charge is 0.159 e. The third-order valence-electron chi connectivity index (χ3n) is 14.0. The van der Waals surface area contributed by atoms with Gasteiger partial charge in [0.05, 0.1) is 11.1 Å². The molecule has 8 aromatic carbocycles. The summed E-state index contributed by atoms with van der Waals surface area (Å²) in [6, 6.07) is 65.8. The Kier molecular flexibility index (Phi) is 8.29. The van der Waals surface area contributed by atoms with E-state index in [4.69, 9.17) is 4.42 Å². The second-order valence-corrected chi connectivity index (χ2v) is 20.1. The summed E-state index contributed by atoms with van der Waals surface area (Å²) in [5.74, 6) is 0. The molecule has 0 saturated carbocycles. The molecule has 304 valence electrons. The fraction of sp³-hybridized carbons (Fsp3) is 0.200. The molecule has 0 atom stereocenters. The maximum absolute atomic E-state index is 7.23. The summed E-state index contributed by atoms with van der Waals surface area (Å²) in [5, 5.41) is 2.33. The van der Waals surface area contributed by atoms with Crippen molar-refractivity contribution in [2.75, 3.05) is 4.90 Å². The normalized spacial score (nSPS) is 14.7. The van der Waals surface area contributed by atoms with Crippen LogP contribution >= 0.6 is 0 Å². The Hall–Kier alpha value is -6.64. The van der Waals surface area contributed by atoms with Gasteiger partial charge in [-0.15, -0.1) is 0 Å². The standard InChI is InChI=1S/C60H53NO/c1-57(2,3)40-35-52(58(4,5)6)55-47-27-19-31-53(56(47)62-54(55)36-40)61(42-32-33-46-43-24-12-15-28-48(43)59(7,8)51(46)37-42)41-23-18-22-39(34-41)60(38-20-10-9-11-21-38)49-29-16-13-25-44(49)45-26-14-17-30-50(45)60/h9-37H,1-8H3. The van der Waals surface area contributed by atoms with Crippen molar-refractivity contribution in [1.29, 1.82) is 0 Å². The van der Waals surface area contributed by atoms with Crippen LogP contribution in [0, 0.1) is 0 Å². The van der Waals surface area contributed by atoms with Gasteiger partial charge in [-0.1, -0.05) is 195 Å². The van der Waals surface area contributed by atoms with Gasteiger partial charge in [0.25, 0.3) is 0 Å². The lowest BCUT2D eigenvalue weighted by Crippen LogP contribution is -2.28. The van der Waals surface area contributed by atoms with Gasteiger partial charge in [0.1, 0.15) is 5.58 Å². The van der Waals surface area contributed by atoms with E-state index in [1.165, 1.54) is 72.1 Å². The number of furan rings is 1. The molecular weight excluding hydrogens is 751 g/mol. The molecule has 0 saturated heterocycles. The third kappa shape index (κ3) is 5.48. The van der Waals surface area contributed by atoms with Crippen molar-refractivity contribution < 1.29 is 4.42 Å². The summed E-state index contributed by atoms with van der Waals surface area (Å²) in [4.78, 5) is 2.46. The van der Waals surface area contributed by atoms with Gasteiger partial charge in [0.2, 0.25) is 0 Å². The van der Waals surface area contributed by atoms with Crippen molar-refractivity contribution in [3.63, 3.8) is 0 Å². The molecule has 0 fully saturated rings. The fourth-order valence-electron chi connectivity index (χ4n) is 11.0. The van der Waals surface area contributed by atoms with Crippen molar-refractivity contribution in [2.24, 2.45) is 0 Å². The number of hydrogen-bond acceptors (Lipinski definition) is 2. The van der Waals surface area contributed by atoms with Gasteiger partial charge in [-0.2, -0.15) is 0 Å². The van der Waals surface area contributed by atoms with Crippen molar-refractivity contribution in [3.8, 4) is 22.3 Å². The molecule has 1 heterocycles. The molecule has 2 aliphatic carbocycles. The average Bonchev–Trinajstić information content (AvgIpc) is 3.88. The predicted molar refractivity (Wildman–Crippen MR) is 261 cm³/mol. The summed E-state index contributed by atoms with van der Waals surface area (Å²) in [7, 11) is 0. The zero-order valence-electron chi connectivity index (χ0n) is 37.1. The second-order valence-electron chi connectivity index (χ2n) is 20.1. The van der Waals surface area contributed by atoms with Crippen LogP contribution < -0.4 is 4.90 Å². The number of nitrogens with zero attached hydrogens (tertiary/aromatic N) is 1. The molecule has 1 aromatic heterocycles. The maximum atomic E-state index is 7.23. The second kappa shape index (κ2) is 13.4. The van der Waals surface area contributed by atoms with Gasteiger partial charge in [0, 0.05) is 27.6 Å². The highest BCUT2D eigenvalue weighted by atomic mass is 16.3. The number of para-hydroxylation sites is 1. The zero-order valence-corrected chi connectivity index (χ0v) is 37.1. The quantitative estimate of drug-likeness (QED) is 0.172. The molecule has 0 unspecified atom stereocenters. The molecule has 62 heavy (non-hydrogen) atoms. The van der Waals surface area contributed by atoms with Gasteiger partial charge in [-0.05, 0) is 114 Å². The molecule has 0 bridgehead atoms. The van der Waals surface area contributed by atoms with Crippen LogP contribution in [0.2, 0.25) is 0 Å². The van der Waals surface area contributed by atoms with Crippen LogP contribution in [-0.4, -0.2) is 0 Å². The van der Waals surface area contributed by atoms with Gasteiger partial charge in [-0.3, -0.25) is 0 Å². The summed E-state index contributed by atoms with van der Waals surface area (Å²) in [6.45, 7) is 18.6. The van der Waals surface area contributed by atoms with E-state index in [1.807, 2.05) is 0 Å². The van der Waals surface area contributed by atoms with Crippen molar-refractivity contribution in [3.05, 3.63) is 220 Å². The number of fused-ring (bicyclic) bond motifs is 9. The minimum Gasteiger partial charge on any atom is -0.454 e. The third-order valence-corrected chi connectivity index (χ3v) is 14.0. The lowest BCUT2D eigenvalue weighted by atomic mass is 9.67. The Morgan fingerprint density at radius 3 is 1.68 bits per heavy atom. The highest BCUT2D eigenvalue weighted by molar-refractivity contribution is 6.12. The minimum absolute atomic E-state index is 0.0382. The Labute approximate surface area is 366 Å². The summed E-state index contributed by atoms with van der Waals surface area (Å²) in [6.07, 6.45) is 0. The largest absolute Gasteiger partial charge is 0.454 e. The first-order valence-corrected chi connectivity index (χ1v) is 22.2. The summed E-state index contributed by atoms with van der Waals surface area (Å²) >= 11 is 0. The molecule has 9 aromatic rings. The van der Waals surface area contributed by atoms with Gasteiger partial charge >= 0.3 is 0 Å². The van der Waals surface area contributed by atoms with E-state index in [1.54, 1.807) is 0 Å². The maximum Gasteiger partial charge on any atom is 0.159 e. The number of rotatable bonds is 5. The Bertz CT molecular complexity index is 3190. The Balaban J connectivity index is 1.21. The highest BCUT2D eigenvalue weighted by Gasteiger charge is 2.46. The topological polar surface area (TPSA) is 16.4 Å². The van der Waals surface area contributed by atoms with Crippen LogP contribution in [0.4, 0.5) is 17.1 Å². The van der Waals surface area contributed by atoms with E-state index in [-0.39, 0.29) is 16.2 Å². The first-order chi connectivity index (χ1) is 29.8. The van der Waals surface area contributed by atoms with E-state index in [0.717, 1.165) is 33.6 Å². The number of hydrogen-bond donors (Lipinski definition) is 0. The van der Waals surface area contributed by atoms with Crippen LogP contribution in [0.1, 0.15) is 99.9 Å². The first-order valence-electron chi connectivity index (χ1n) is 22.2. The number of anilines is 3. The molecule has 0 radical (unpaired) electrons. The van der Waals surface area contributed by atoms with Crippen LogP contribution in [0.15, 0.2) is 180 Å². The van der Waals surface area contributed by atoms with Crippen molar-refractivity contribution in [2.45, 2.75) is 77.0 Å². The van der Waals surface area contributed by atoms with E-state index >= 15 is 0 Å². The van der Waals surface area contributed by atoms with Crippen LogP contribution in [0.5, 0.6) is 0 Å². The van der Waals surface area contributed by atoms with E-state index in [2.05, 4.69) is 236 Å². The predicted octanol–water partition coefficient (Wildman–Crippen LogP) is 16.3.